The summed E-state index contributed by atoms with van der Waals surface area (Å²) in [7, 11) is -2.89. The van der Waals surface area contributed by atoms with Crippen molar-refractivity contribution in [2.24, 2.45) is 11.3 Å². The Bertz CT molecular complexity index is 697. The molecule has 0 amide bonds. The van der Waals surface area contributed by atoms with Crippen LogP contribution >= 0.6 is 0 Å². The molecule has 3 rings (SSSR count). The molecule has 7 heteroatoms. The molecule has 25 heavy (non-hydrogen) atoms. The summed E-state index contributed by atoms with van der Waals surface area (Å²) >= 11 is 0. The lowest BCUT2D eigenvalue weighted by Gasteiger charge is -2.39. The molecule has 0 N–H and O–H groups in total. The van der Waals surface area contributed by atoms with E-state index in [4.69, 9.17) is 4.98 Å². The molecule has 0 unspecified atom stereocenters. The van der Waals surface area contributed by atoms with Crippen molar-refractivity contribution in [1.29, 1.82) is 0 Å². The van der Waals surface area contributed by atoms with Crippen molar-refractivity contribution < 1.29 is 8.42 Å². The maximum absolute atomic E-state index is 11.5. The molecule has 0 spiro atoms. The SMILES string of the molecule is CC1(C)CCCN(c2ccnc(N3CCC(CS(C)(=O)=O)CC3)n2)C1. The van der Waals surface area contributed by atoms with E-state index < -0.39 is 9.84 Å². The van der Waals surface area contributed by atoms with E-state index in [0.717, 1.165) is 50.8 Å². The molecule has 0 aromatic carbocycles. The minimum Gasteiger partial charge on any atom is -0.356 e. The Morgan fingerprint density at radius 1 is 1.20 bits per heavy atom. The van der Waals surface area contributed by atoms with E-state index in [1.807, 2.05) is 12.3 Å². The molecule has 1 aromatic heterocycles. The van der Waals surface area contributed by atoms with Gasteiger partial charge < -0.3 is 9.80 Å². The second-order valence-corrected chi connectivity index (χ2v) is 10.6. The molecule has 0 atom stereocenters. The van der Waals surface area contributed by atoms with Crippen molar-refractivity contribution in [3.63, 3.8) is 0 Å². The number of aromatic nitrogens is 2. The van der Waals surface area contributed by atoms with E-state index in [-0.39, 0.29) is 5.92 Å². The molecule has 0 aliphatic carbocycles. The van der Waals surface area contributed by atoms with Crippen molar-refractivity contribution in [3.8, 4) is 0 Å². The van der Waals surface area contributed by atoms with Crippen molar-refractivity contribution in [1.82, 2.24) is 9.97 Å². The van der Waals surface area contributed by atoms with Gasteiger partial charge in [0.15, 0.2) is 0 Å². The largest absolute Gasteiger partial charge is 0.356 e. The van der Waals surface area contributed by atoms with Crippen LogP contribution in [0.4, 0.5) is 11.8 Å². The van der Waals surface area contributed by atoms with Gasteiger partial charge in [-0.15, -0.1) is 0 Å². The van der Waals surface area contributed by atoms with Gasteiger partial charge in [0.05, 0.1) is 5.75 Å². The Balaban J connectivity index is 1.64. The smallest absolute Gasteiger partial charge is 0.227 e. The topological polar surface area (TPSA) is 66.4 Å². The number of anilines is 2. The first kappa shape index (κ1) is 18.4. The summed E-state index contributed by atoms with van der Waals surface area (Å²) in [6.45, 7) is 8.36. The highest BCUT2D eigenvalue weighted by molar-refractivity contribution is 7.90. The van der Waals surface area contributed by atoms with Crippen molar-refractivity contribution in [2.45, 2.75) is 39.5 Å². The molecule has 0 bridgehead atoms. The maximum atomic E-state index is 11.5. The Morgan fingerprint density at radius 3 is 2.56 bits per heavy atom. The normalized spacial score (nSPS) is 22.2. The van der Waals surface area contributed by atoms with Crippen LogP contribution in [0, 0.1) is 11.3 Å². The highest BCUT2D eigenvalue weighted by Crippen LogP contribution is 2.31. The number of rotatable bonds is 4. The summed E-state index contributed by atoms with van der Waals surface area (Å²) in [5.74, 6) is 2.34. The molecular formula is C18H30N4O2S. The zero-order valence-electron chi connectivity index (χ0n) is 15.6. The summed E-state index contributed by atoms with van der Waals surface area (Å²) < 4.78 is 23.0. The van der Waals surface area contributed by atoms with E-state index >= 15 is 0 Å². The van der Waals surface area contributed by atoms with Gasteiger partial charge in [0.25, 0.3) is 0 Å². The van der Waals surface area contributed by atoms with Gasteiger partial charge >= 0.3 is 0 Å². The van der Waals surface area contributed by atoms with Gasteiger partial charge in [-0.1, -0.05) is 13.8 Å². The lowest BCUT2D eigenvalue weighted by atomic mass is 9.84. The summed E-state index contributed by atoms with van der Waals surface area (Å²) in [5.41, 5.74) is 0.327. The quantitative estimate of drug-likeness (QED) is 0.815. The van der Waals surface area contributed by atoms with E-state index in [1.165, 1.54) is 19.1 Å². The third kappa shape index (κ3) is 5.06. The number of hydrogen-bond donors (Lipinski definition) is 0. The van der Waals surface area contributed by atoms with Crippen molar-refractivity contribution >= 4 is 21.6 Å². The number of sulfone groups is 1. The molecule has 2 aliphatic rings. The minimum absolute atomic E-state index is 0.261. The molecule has 2 saturated heterocycles. The number of nitrogens with zero attached hydrogens (tertiary/aromatic N) is 4. The van der Waals surface area contributed by atoms with Gasteiger partial charge in [-0.05, 0) is 43.1 Å². The standard InChI is InChI=1S/C18H30N4O2S/c1-18(2)8-4-10-22(14-18)16-5-9-19-17(20-16)21-11-6-15(7-12-21)13-25(3,23)24/h5,9,15H,4,6-8,10-14H2,1-3H3. The van der Waals surface area contributed by atoms with Crippen LogP contribution in [0.2, 0.25) is 0 Å². The highest BCUT2D eigenvalue weighted by Gasteiger charge is 2.28. The fourth-order valence-corrected chi connectivity index (χ4v) is 5.20. The number of hydrogen-bond acceptors (Lipinski definition) is 6. The average Bonchev–Trinajstić information content (AvgIpc) is 2.53. The van der Waals surface area contributed by atoms with Crippen LogP contribution in [-0.2, 0) is 9.84 Å². The summed E-state index contributed by atoms with van der Waals surface area (Å²) in [6.07, 6.45) is 7.40. The van der Waals surface area contributed by atoms with Gasteiger partial charge in [0.1, 0.15) is 15.7 Å². The van der Waals surface area contributed by atoms with Crippen molar-refractivity contribution in [3.05, 3.63) is 12.3 Å². The minimum atomic E-state index is -2.89. The molecule has 1 aromatic rings. The molecular weight excluding hydrogens is 336 g/mol. The molecule has 0 saturated carbocycles. The average molecular weight is 367 g/mol. The van der Waals surface area contributed by atoms with Crippen LogP contribution in [0.15, 0.2) is 12.3 Å². The second-order valence-electron chi connectivity index (χ2n) is 8.43. The van der Waals surface area contributed by atoms with Gasteiger partial charge in [-0.2, -0.15) is 4.98 Å². The molecule has 2 fully saturated rings. The predicted octanol–water partition coefficient (Wildman–Crippen LogP) is 2.36. The fourth-order valence-electron chi connectivity index (χ4n) is 4.01. The van der Waals surface area contributed by atoms with E-state index in [9.17, 15) is 8.42 Å². The maximum Gasteiger partial charge on any atom is 0.227 e. The zero-order valence-corrected chi connectivity index (χ0v) is 16.4. The van der Waals surface area contributed by atoms with Gasteiger partial charge in [-0.25, -0.2) is 13.4 Å². The Labute approximate surface area is 151 Å². The third-order valence-electron chi connectivity index (χ3n) is 5.29. The van der Waals surface area contributed by atoms with Gasteiger partial charge in [-0.3, -0.25) is 0 Å². The third-order valence-corrected chi connectivity index (χ3v) is 6.37. The van der Waals surface area contributed by atoms with Crippen LogP contribution in [0.1, 0.15) is 39.5 Å². The highest BCUT2D eigenvalue weighted by atomic mass is 32.2. The van der Waals surface area contributed by atoms with E-state index in [0.29, 0.717) is 11.2 Å². The van der Waals surface area contributed by atoms with Crippen LogP contribution in [-0.4, -0.2) is 56.6 Å². The molecule has 140 valence electrons. The Morgan fingerprint density at radius 2 is 1.92 bits per heavy atom. The molecule has 0 radical (unpaired) electrons. The first-order valence-corrected chi connectivity index (χ1v) is 11.3. The molecule has 3 heterocycles. The Kier molecular flexibility index (Phi) is 5.23. The summed E-state index contributed by atoms with van der Waals surface area (Å²) in [6, 6.07) is 2.00. The zero-order chi connectivity index (χ0) is 18.1. The van der Waals surface area contributed by atoms with Gasteiger partial charge in [0.2, 0.25) is 5.95 Å². The van der Waals surface area contributed by atoms with E-state index in [1.54, 1.807) is 0 Å². The van der Waals surface area contributed by atoms with Crippen LogP contribution in [0.25, 0.3) is 0 Å². The molecule has 2 aliphatic heterocycles. The first-order valence-electron chi connectivity index (χ1n) is 9.23. The van der Waals surface area contributed by atoms with E-state index in [2.05, 4.69) is 28.6 Å². The monoisotopic (exact) mass is 366 g/mol. The summed E-state index contributed by atoms with van der Waals surface area (Å²) in [4.78, 5) is 13.8. The fraction of sp³-hybridized carbons (Fsp3) is 0.778. The van der Waals surface area contributed by atoms with Crippen LogP contribution in [0.3, 0.4) is 0 Å². The Hall–Kier alpha value is -1.37. The predicted molar refractivity (Wildman–Crippen MR) is 102 cm³/mol. The lowest BCUT2D eigenvalue weighted by molar-refractivity contribution is 0.292. The summed E-state index contributed by atoms with van der Waals surface area (Å²) in [5, 5.41) is 0. The van der Waals surface area contributed by atoms with Gasteiger partial charge in [0, 0.05) is 38.6 Å². The number of piperidine rings is 2. The molecule has 6 nitrogen and oxygen atoms in total. The van der Waals surface area contributed by atoms with Crippen LogP contribution in [0.5, 0.6) is 0 Å². The van der Waals surface area contributed by atoms with Crippen molar-refractivity contribution in [2.75, 3.05) is 48.0 Å². The first-order chi connectivity index (χ1) is 11.7. The second kappa shape index (κ2) is 7.09. The lowest BCUT2D eigenvalue weighted by Crippen LogP contribution is -2.41. The van der Waals surface area contributed by atoms with Crippen LogP contribution < -0.4 is 9.80 Å².